The quantitative estimate of drug-likeness (QED) is 0.851. The molecular weight excluding hydrogens is 228 g/mol. The summed E-state index contributed by atoms with van der Waals surface area (Å²) >= 11 is 0. The monoisotopic (exact) mass is 248 g/mol. The van der Waals surface area contributed by atoms with Crippen molar-refractivity contribution in [2.24, 2.45) is 11.7 Å². The molecule has 0 bridgehead atoms. The van der Waals surface area contributed by atoms with Gasteiger partial charge >= 0.3 is 0 Å². The van der Waals surface area contributed by atoms with Crippen LogP contribution in [0.15, 0.2) is 24.3 Å². The van der Waals surface area contributed by atoms with E-state index < -0.39 is 0 Å². The summed E-state index contributed by atoms with van der Waals surface area (Å²) in [7, 11) is 1.80. The van der Waals surface area contributed by atoms with Gasteiger partial charge in [-0.2, -0.15) is 0 Å². The third-order valence-corrected chi connectivity index (χ3v) is 3.25. The van der Waals surface area contributed by atoms with Crippen molar-refractivity contribution in [1.82, 2.24) is 4.90 Å². The zero-order valence-electron chi connectivity index (χ0n) is 10.9. The molecule has 0 radical (unpaired) electrons. The molecule has 1 aromatic carbocycles. The van der Waals surface area contributed by atoms with Crippen LogP contribution in [0.2, 0.25) is 0 Å². The first-order chi connectivity index (χ1) is 8.58. The lowest BCUT2D eigenvalue weighted by molar-refractivity contribution is -0.131. The van der Waals surface area contributed by atoms with Gasteiger partial charge in [0, 0.05) is 13.1 Å². The van der Waals surface area contributed by atoms with Crippen molar-refractivity contribution in [3.8, 4) is 5.75 Å². The predicted octanol–water partition coefficient (Wildman–Crippen LogP) is 1.18. The van der Waals surface area contributed by atoms with Gasteiger partial charge in [0.05, 0.1) is 12.5 Å². The third-order valence-electron chi connectivity index (χ3n) is 3.25. The summed E-state index contributed by atoms with van der Waals surface area (Å²) in [6.45, 7) is 3.14. The minimum absolute atomic E-state index is 0.0365. The van der Waals surface area contributed by atoms with Gasteiger partial charge in [-0.05, 0) is 25.5 Å². The molecule has 0 saturated heterocycles. The van der Waals surface area contributed by atoms with Crippen LogP contribution in [0.3, 0.4) is 0 Å². The molecule has 4 nitrogen and oxygen atoms in total. The Morgan fingerprint density at radius 2 is 2.06 bits per heavy atom. The molecule has 0 spiro atoms. The molecule has 2 rings (SSSR count). The number of hydrogen-bond donors (Lipinski definition) is 1. The van der Waals surface area contributed by atoms with Crippen LogP contribution in [0.1, 0.15) is 12.0 Å². The average Bonchev–Trinajstić information content (AvgIpc) is 3.08. The number of benzene rings is 1. The molecule has 2 atom stereocenters. The lowest BCUT2D eigenvalue weighted by Crippen LogP contribution is -2.33. The largest absolute Gasteiger partial charge is 0.492 e. The predicted molar refractivity (Wildman–Crippen MR) is 70.4 cm³/mol. The maximum Gasteiger partial charge on any atom is 0.227 e. The van der Waals surface area contributed by atoms with Gasteiger partial charge in [0.2, 0.25) is 5.91 Å². The van der Waals surface area contributed by atoms with Crippen molar-refractivity contribution in [3.05, 3.63) is 29.8 Å². The normalized spacial score (nSPS) is 21.5. The van der Waals surface area contributed by atoms with E-state index in [1.807, 2.05) is 31.2 Å². The maximum absolute atomic E-state index is 11.8. The topological polar surface area (TPSA) is 55.6 Å². The molecule has 0 heterocycles. The molecule has 1 amide bonds. The number of nitrogens with two attached hydrogens (primary N) is 1. The first-order valence-electron chi connectivity index (χ1n) is 6.28. The molecule has 0 aromatic heterocycles. The Morgan fingerprint density at radius 3 is 2.61 bits per heavy atom. The van der Waals surface area contributed by atoms with E-state index in [9.17, 15) is 4.79 Å². The fourth-order valence-electron chi connectivity index (χ4n) is 1.83. The second-order valence-electron chi connectivity index (χ2n) is 4.93. The number of carbonyl (C=O) groups is 1. The summed E-state index contributed by atoms with van der Waals surface area (Å²) in [5.74, 6) is 1.01. The number of aryl methyl sites for hydroxylation is 1. The molecule has 1 saturated carbocycles. The Labute approximate surface area is 108 Å². The Bertz CT molecular complexity index is 416. The highest BCUT2D eigenvalue weighted by Crippen LogP contribution is 2.29. The van der Waals surface area contributed by atoms with E-state index in [-0.39, 0.29) is 17.9 Å². The molecular formula is C14H20N2O2. The van der Waals surface area contributed by atoms with Crippen molar-refractivity contribution < 1.29 is 9.53 Å². The molecule has 4 heteroatoms. The van der Waals surface area contributed by atoms with Crippen LogP contribution in [0, 0.1) is 12.8 Å². The summed E-state index contributed by atoms with van der Waals surface area (Å²) in [4.78, 5) is 13.5. The minimum Gasteiger partial charge on any atom is -0.492 e. The van der Waals surface area contributed by atoms with Crippen LogP contribution in [0.5, 0.6) is 5.75 Å². The number of hydrogen-bond acceptors (Lipinski definition) is 3. The van der Waals surface area contributed by atoms with Gasteiger partial charge in [-0.3, -0.25) is 4.79 Å². The van der Waals surface area contributed by atoms with Gasteiger partial charge < -0.3 is 15.4 Å². The van der Waals surface area contributed by atoms with E-state index >= 15 is 0 Å². The van der Waals surface area contributed by atoms with Crippen LogP contribution in [0.25, 0.3) is 0 Å². The lowest BCUT2D eigenvalue weighted by atomic mass is 10.2. The van der Waals surface area contributed by atoms with Gasteiger partial charge in [0.15, 0.2) is 0 Å². The number of ether oxygens (including phenoxy) is 1. The summed E-state index contributed by atoms with van der Waals surface area (Å²) in [6.07, 6.45) is 0.821. The summed E-state index contributed by atoms with van der Waals surface area (Å²) in [5.41, 5.74) is 6.87. The van der Waals surface area contributed by atoms with Crippen LogP contribution >= 0.6 is 0 Å². The van der Waals surface area contributed by atoms with Gasteiger partial charge in [0.25, 0.3) is 0 Å². The summed E-state index contributed by atoms with van der Waals surface area (Å²) < 4.78 is 5.58. The smallest absolute Gasteiger partial charge is 0.227 e. The van der Waals surface area contributed by atoms with E-state index in [2.05, 4.69) is 0 Å². The van der Waals surface area contributed by atoms with Crippen molar-refractivity contribution in [3.63, 3.8) is 0 Å². The molecule has 2 unspecified atom stereocenters. The standard InChI is InChI=1S/C14H20N2O2/c1-10-3-5-11(6-4-10)18-8-7-16(2)14(17)12-9-13(12)15/h3-6,12-13H,7-9,15H2,1-2H3. The van der Waals surface area contributed by atoms with Gasteiger partial charge in [-0.1, -0.05) is 17.7 Å². The van der Waals surface area contributed by atoms with Crippen LogP contribution < -0.4 is 10.5 Å². The Balaban J connectivity index is 1.71. The number of rotatable bonds is 5. The number of nitrogens with zero attached hydrogens (tertiary/aromatic N) is 1. The SMILES string of the molecule is Cc1ccc(OCCN(C)C(=O)C2CC2N)cc1. The van der Waals surface area contributed by atoms with E-state index in [4.69, 9.17) is 10.5 Å². The average molecular weight is 248 g/mol. The molecule has 98 valence electrons. The van der Waals surface area contributed by atoms with E-state index in [0.29, 0.717) is 13.2 Å². The fourth-order valence-corrected chi connectivity index (χ4v) is 1.83. The highest BCUT2D eigenvalue weighted by molar-refractivity contribution is 5.82. The lowest BCUT2D eigenvalue weighted by Gasteiger charge is -2.17. The highest BCUT2D eigenvalue weighted by atomic mass is 16.5. The molecule has 18 heavy (non-hydrogen) atoms. The van der Waals surface area contributed by atoms with Crippen molar-refractivity contribution in [2.45, 2.75) is 19.4 Å². The zero-order chi connectivity index (χ0) is 13.1. The van der Waals surface area contributed by atoms with Gasteiger partial charge in [-0.15, -0.1) is 0 Å². The fraction of sp³-hybridized carbons (Fsp3) is 0.500. The van der Waals surface area contributed by atoms with E-state index in [1.54, 1.807) is 11.9 Å². The van der Waals surface area contributed by atoms with E-state index in [0.717, 1.165) is 12.2 Å². The molecule has 1 aliphatic rings. The first-order valence-corrected chi connectivity index (χ1v) is 6.28. The Kier molecular flexibility index (Phi) is 3.87. The van der Waals surface area contributed by atoms with Gasteiger partial charge in [0.1, 0.15) is 12.4 Å². The number of likely N-dealkylation sites (N-methyl/N-ethyl adjacent to an activating group) is 1. The third kappa shape index (κ3) is 3.23. The molecule has 1 aliphatic carbocycles. The minimum atomic E-state index is 0.0365. The second kappa shape index (κ2) is 5.40. The second-order valence-corrected chi connectivity index (χ2v) is 4.93. The molecule has 1 fully saturated rings. The van der Waals surface area contributed by atoms with Crippen molar-refractivity contribution in [1.29, 1.82) is 0 Å². The van der Waals surface area contributed by atoms with Crippen LogP contribution in [-0.2, 0) is 4.79 Å². The van der Waals surface area contributed by atoms with Gasteiger partial charge in [-0.25, -0.2) is 0 Å². The van der Waals surface area contributed by atoms with Crippen molar-refractivity contribution >= 4 is 5.91 Å². The maximum atomic E-state index is 11.8. The van der Waals surface area contributed by atoms with Crippen LogP contribution in [-0.4, -0.2) is 37.0 Å². The molecule has 0 aliphatic heterocycles. The Hall–Kier alpha value is -1.55. The highest BCUT2D eigenvalue weighted by Gasteiger charge is 2.41. The van der Waals surface area contributed by atoms with E-state index in [1.165, 1.54) is 5.56 Å². The first kappa shape index (κ1) is 12.9. The number of carbonyl (C=O) groups excluding carboxylic acids is 1. The summed E-state index contributed by atoms with van der Waals surface area (Å²) in [6, 6.07) is 7.96. The molecule has 2 N–H and O–H groups in total. The summed E-state index contributed by atoms with van der Waals surface area (Å²) in [5, 5.41) is 0. The van der Waals surface area contributed by atoms with Crippen molar-refractivity contribution in [2.75, 3.05) is 20.2 Å². The number of amides is 1. The zero-order valence-corrected chi connectivity index (χ0v) is 10.9. The van der Waals surface area contributed by atoms with Crippen LogP contribution in [0.4, 0.5) is 0 Å². The molecule has 1 aromatic rings. The Morgan fingerprint density at radius 1 is 1.44 bits per heavy atom.